The van der Waals surface area contributed by atoms with Crippen molar-refractivity contribution in [2.75, 3.05) is 0 Å². The third kappa shape index (κ3) is 5.10. The number of carbonyl (C=O) groups excluding carboxylic acids is 1. The summed E-state index contributed by atoms with van der Waals surface area (Å²) in [5, 5.41) is 19.4. The van der Waals surface area contributed by atoms with Gasteiger partial charge in [0.25, 0.3) is 5.91 Å². The number of phenolic OH excluding ortho intramolecular Hbond substituents is 1. The lowest BCUT2D eigenvalue weighted by molar-refractivity contribution is -0.122. The minimum atomic E-state index is -0.262. The van der Waals surface area contributed by atoms with E-state index >= 15 is 0 Å². The summed E-state index contributed by atoms with van der Waals surface area (Å²) in [4.78, 5) is 15.0. The molecule has 162 valence electrons. The summed E-state index contributed by atoms with van der Waals surface area (Å²) >= 11 is 16.9. The number of nitrogens with zero attached hydrogens (tertiary/aromatic N) is 3. The van der Waals surface area contributed by atoms with Crippen molar-refractivity contribution in [1.82, 2.24) is 4.90 Å². The summed E-state index contributed by atoms with van der Waals surface area (Å²) in [5.74, 6) is 0.403. The zero-order valence-corrected chi connectivity index (χ0v) is 20.1. The van der Waals surface area contributed by atoms with E-state index in [2.05, 4.69) is 26.1 Å². The molecule has 2 heterocycles. The lowest BCUT2D eigenvalue weighted by atomic mass is 10.2. The molecule has 0 radical (unpaired) electrons. The second-order valence-electron chi connectivity index (χ2n) is 6.55. The number of hydrogen-bond acceptors (Lipinski definition) is 6. The maximum Gasteiger partial charge on any atom is 0.267 e. The maximum atomic E-state index is 13.1. The second-order valence-corrected chi connectivity index (χ2v) is 9.26. The third-order valence-corrected chi connectivity index (χ3v) is 6.70. The number of amidine groups is 1. The number of benzene rings is 2. The summed E-state index contributed by atoms with van der Waals surface area (Å²) in [5.41, 5.74) is 1.11. The van der Waals surface area contributed by atoms with Crippen molar-refractivity contribution >= 4 is 74.3 Å². The number of carbonyl (C=O) groups is 1. The van der Waals surface area contributed by atoms with E-state index in [1.54, 1.807) is 54.6 Å². The molecule has 1 aliphatic heterocycles. The van der Waals surface area contributed by atoms with E-state index in [9.17, 15) is 9.90 Å². The van der Waals surface area contributed by atoms with Crippen LogP contribution >= 0.6 is 50.9 Å². The van der Waals surface area contributed by atoms with Gasteiger partial charge in [0.2, 0.25) is 0 Å². The summed E-state index contributed by atoms with van der Waals surface area (Å²) in [6.45, 7) is 0.190. The molecular weight excluding hydrogens is 537 g/mol. The van der Waals surface area contributed by atoms with Gasteiger partial charge in [-0.15, -0.1) is 5.10 Å². The highest BCUT2D eigenvalue weighted by molar-refractivity contribution is 9.10. The van der Waals surface area contributed by atoms with Crippen molar-refractivity contribution in [2.45, 2.75) is 6.54 Å². The number of halogens is 3. The molecular formula is C22H14BrCl2N3O3S. The van der Waals surface area contributed by atoms with Crippen LogP contribution in [0, 0.1) is 0 Å². The van der Waals surface area contributed by atoms with Crippen LogP contribution < -0.4 is 0 Å². The van der Waals surface area contributed by atoms with Crippen molar-refractivity contribution in [3.05, 3.63) is 91.1 Å². The molecule has 0 bridgehead atoms. The number of thioether (sulfide) groups is 1. The molecule has 1 aliphatic rings. The van der Waals surface area contributed by atoms with Crippen LogP contribution in [0.4, 0.5) is 0 Å². The van der Waals surface area contributed by atoms with Crippen molar-refractivity contribution in [2.24, 2.45) is 10.2 Å². The third-order valence-electron chi connectivity index (χ3n) is 4.38. The SMILES string of the molecule is O=C1/C(=C/c2cccc(Cl)c2Cl)S/C(=N/N=C\c2cc(Br)ccc2O)N1Cc1ccco1. The van der Waals surface area contributed by atoms with Gasteiger partial charge in [0, 0.05) is 10.0 Å². The summed E-state index contributed by atoms with van der Waals surface area (Å²) in [7, 11) is 0. The van der Waals surface area contributed by atoms with Gasteiger partial charge in [-0.3, -0.25) is 9.69 Å². The van der Waals surface area contributed by atoms with Gasteiger partial charge >= 0.3 is 0 Å². The van der Waals surface area contributed by atoms with Gasteiger partial charge in [-0.1, -0.05) is 51.3 Å². The summed E-state index contributed by atoms with van der Waals surface area (Å²) in [6.07, 6.45) is 4.62. The van der Waals surface area contributed by atoms with Gasteiger partial charge in [-0.25, -0.2) is 0 Å². The number of hydrogen-bond donors (Lipinski definition) is 1. The second kappa shape index (κ2) is 9.95. The molecule has 6 nitrogen and oxygen atoms in total. The van der Waals surface area contributed by atoms with E-state index in [0.29, 0.717) is 37.0 Å². The first-order chi connectivity index (χ1) is 15.4. The molecule has 1 amide bonds. The van der Waals surface area contributed by atoms with Gasteiger partial charge < -0.3 is 9.52 Å². The topological polar surface area (TPSA) is 78.4 Å². The molecule has 0 spiro atoms. The highest BCUT2D eigenvalue weighted by Crippen LogP contribution is 2.36. The van der Waals surface area contributed by atoms with E-state index in [1.807, 2.05) is 0 Å². The normalized spacial score (nSPS) is 16.7. The molecule has 0 unspecified atom stereocenters. The Hall–Kier alpha value is -2.52. The van der Waals surface area contributed by atoms with Crippen LogP contribution in [-0.2, 0) is 11.3 Å². The van der Waals surface area contributed by atoms with E-state index in [0.717, 1.165) is 16.2 Å². The monoisotopic (exact) mass is 549 g/mol. The number of rotatable bonds is 5. The number of amides is 1. The average molecular weight is 551 g/mol. The first-order valence-electron chi connectivity index (χ1n) is 9.19. The van der Waals surface area contributed by atoms with Crippen molar-refractivity contribution < 1.29 is 14.3 Å². The molecule has 0 aliphatic carbocycles. The zero-order valence-electron chi connectivity index (χ0n) is 16.2. The van der Waals surface area contributed by atoms with E-state index in [1.165, 1.54) is 17.4 Å². The molecule has 3 aromatic rings. The van der Waals surface area contributed by atoms with Crippen LogP contribution in [0.1, 0.15) is 16.9 Å². The Balaban J connectivity index is 1.67. The van der Waals surface area contributed by atoms with Crippen LogP contribution in [0.15, 0.2) is 78.8 Å². The first kappa shape index (κ1) is 22.7. The Morgan fingerprint density at radius 1 is 1.16 bits per heavy atom. The van der Waals surface area contributed by atoms with Crippen LogP contribution in [0.25, 0.3) is 6.08 Å². The molecule has 10 heteroatoms. The molecule has 1 aromatic heterocycles. The van der Waals surface area contributed by atoms with Gasteiger partial charge in [0.15, 0.2) is 5.17 Å². The summed E-state index contributed by atoms with van der Waals surface area (Å²) in [6, 6.07) is 13.7. The van der Waals surface area contributed by atoms with Crippen molar-refractivity contribution in [1.29, 1.82) is 0 Å². The molecule has 1 N–H and O–H groups in total. The fourth-order valence-electron chi connectivity index (χ4n) is 2.82. The Bertz CT molecular complexity index is 1260. The van der Waals surface area contributed by atoms with Gasteiger partial charge in [0.05, 0.1) is 34.0 Å². The lowest BCUT2D eigenvalue weighted by Crippen LogP contribution is -2.28. The van der Waals surface area contributed by atoms with E-state index in [4.69, 9.17) is 27.6 Å². The zero-order chi connectivity index (χ0) is 22.7. The molecule has 2 aromatic carbocycles. The number of phenols is 1. The molecule has 0 saturated carbocycles. The smallest absolute Gasteiger partial charge is 0.267 e. The Morgan fingerprint density at radius 2 is 2.00 bits per heavy atom. The van der Waals surface area contributed by atoms with Gasteiger partial charge in [-0.05, 0) is 59.8 Å². The molecule has 32 heavy (non-hydrogen) atoms. The number of aromatic hydroxyl groups is 1. The Labute approximate surface area is 206 Å². The molecule has 1 fully saturated rings. The largest absolute Gasteiger partial charge is 0.507 e. The standard InChI is InChI=1S/C22H14BrCl2N3O3S/c23-15-6-7-18(29)14(9-15)11-26-27-22-28(12-16-4-2-8-31-16)21(30)19(32-22)10-13-3-1-5-17(24)20(13)25/h1-11,29H,12H2/b19-10-,26-11-,27-22+. The molecule has 0 atom stereocenters. The van der Waals surface area contributed by atoms with Crippen LogP contribution in [0.5, 0.6) is 5.75 Å². The van der Waals surface area contributed by atoms with E-state index < -0.39 is 0 Å². The van der Waals surface area contributed by atoms with Crippen LogP contribution in [-0.4, -0.2) is 27.3 Å². The predicted molar refractivity (Wildman–Crippen MR) is 132 cm³/mol. The maximum absolute atomic E-state index is 13.1. The lowest BCUT2D eigenvalue weighted by Gasteiger charge is -2.12. The number of furan rings is 1. The van der Waals surface area contributed by atoms with Crippen LogP contribution in [0.2, 0.25) is 10.0 Å². The Morgan fingerprint density at radius 3 is 2.78 bits per heavy atom. The van der Waals surface area contributed by atoms with Crippen LogP contribution in [0.3, 0.4) is 0 Å². The first-order valence-corrected chi connectivity index (χ1v) is 11.6. The van der Waals surface area contributed by atoms with E-state index in [-0.39, 0.29) is 18.2 Å². The predicted octanol–water partition coefficient (Wildman–Crippen LogP) is 6.56. The van der Waals surface area contributed by atoms with Crippen molar-refractivity contribution in [3.8, 4) is 5.75 Å². The van der Waals surface area contributed by atoms with Gasteiger partial charge in [0.1, 0.15) is 11.5 Å². The quantitative estimate of drug-likeness (QED) is 0.221. The average Bonchev–Trinajstić information content (AvgIpc) is 3.38. The highest BCUT2D eigenvalue weighted by atomic mass is 79.9. The Kier molecular flexibility index (Phi) is 7.05. The fraction of sp³-hybridized carbons (Fsp3) is 0.0455. The minimum Gasteiger partial charge on any atom is -0.507 e. The minimum absolute atomic E-state index is 0.0657. The fourth-order valence-corrected chi connectivity index (χ4v) is 4.49. The highest BCUT2D eigenvalue weighted by Gasteiger charge is 2.34. The summed E-state index contributed by atoms with van der Waals surface area (Å²) < 4.78 is 6.18. The van der Waals surface area contributed by atoms with Crippen molar-refractivity contribution in [3.63, 3.8) is 0 Å². The molecule has 1 saturated heterocycles. The van der Waals surface area contributed by atoms with Gasteiger partial charge in [-0.2, -0.15) is 5.10 Å². The molecule has 4 rings (SSSR count).